The highest BCUT2D eigenvalue weighted by Gasteiger charge is 2.04. The Bertz CT molecular complexity index is 243. The summed E-state index contributed by atoms with van der Waals surface area (Å²) in [6.07, 6.45) is 7.74. The lowest BCUT2D eigenvalue weighted by atomic mass is 10.1. The van der Waals surface area contributed by atoms with E-state index in [9.17, 15) is 0 Å². The molecule has 0 fully saturated rings. The first-order valence-electron chi connectivity index (χ1n) is 6.62. The Morgan fingerprint density at radius 2 is 2.19 bits per heavy atom. The zero-order chi connectivity index (χ0) is 11.6. The van der Waals surface area contributed by atoms with E-state index in [1.807, 2.05) is 11.3 Å². The second-order valence-corrected chi connectivity index (χ2v) is 5.42. The molecule has 0 aliphatic heterocycles. The molecule has 0 aliphatic carbocycles. The van der Waals surface area contributed by atoms with E-state index in [2.05, 4.69) is 36.7 Å². The van der Waals surface area contributed by atoms with Crippen LogP contribution in [0.4, 0.5) is 0 Å². The standard InChI is InChI=1S/C14H25NS/c1-3-5-11-15-13(4-2)8-6-9-14-10-7-12-16-14/h7,10,12-13,15H,3-6,8-9,11H2,1-2H3. The normalized spacial score (nSPS) is 12.9. The fourth-order valence-electron chi connectivity index (χ4n) is 1.91. The maximum atomic E-state index is 3.65. The average molecular weight is 239 g/mol. The summed E-state index contributed by atoms with van der Waals surface area (Å²) in [5, 5.41) is 5.83. The van der Waals surface area contributed by atoms with Gasteiger partial charge in [-0.05, 0) is 50.1 Å². The summed E-state index contributed by atoms with van der Waals surface area (Å²) < 4.78 is 0. The lowest BCUT2D eigenvalue weighted by molar-refractivity contribution is 0.451. The molecular weight excluding hydrogens is 214 g/mol. The van der Waals surface area contributed by atoms with Crippen LogP contribution in [0.5, 0.6) is 0 Å². The maximum absolute atomic E-state index is 3.65. The van der Waals surface area contributed by atoms with Crippen molar-refractivity contribution in [2.75, 3.05) is 6.54 Å². The fourth-order valence-corrected chi connectivity index (χ4v) is 2.66. The van der Waals surface area contributed by atoms with Gasteiger partial charge in [0.25, 0.3) is 0 Å². The van der Waals surface area contributed by atoms with Crippen molar-refractivity contribution in [3.63, 3.8) is 0 Å². The third kappa shape index (κ3) is 5.66. The van der Waals surface area contributed by atoms with Gasteiger partial charge in [0, 0.05) is 10.9 Å². The lowest BCUT2D eigenvalue weighted by Crippen LogP contribution is -2.29. The second-order valence-electron chi connectivity index (χ2n) is 4.38. The topological polar surface area (TPSA) is 12.0 Å². The van der Waals surface area contributed by atoms with Gasteiger partial charge >= 0.3 is 0 Å². The van der Waals surface area contributed by atoms with Gasteiger partial charge in [-0.3, -0.25) is 0 Å². The third-order valence-electron chi connectivity index (χ3n) is 3.01. The van der Waals surface area contributed by atoms with E-state index in [1.165, 1.54) is 49.9 Å². The first kappa shape index (κ1) is 13.7. The molecule has 1 atom stereocenters. The van der Waals surface area contributed by atoms with Crippen LogP contribution in [-0.2, 0) is 6.42 Å². The molecule has 1 heterocycles. The Morgan fingerprint density at radius 1 is 1.31 bits per heavy atom. The molecule has 1 aromatic heterocycles. The van der Waals surface area contributed by atoms with Crippen molar-refractivity contribution in [3.8, 4) is 0 Å². The van der Waals surface area contributed by atoms with Crippen molar-refractivity contribution in [2.45, 2.75) is 58.4 Å². The van der Waals surface area contributed by atoms with Crippen LogP contribution in [0.3, 0.4) is 0 Å². The highest BCUT2D eigenvalue weighted by atomic mass is 32.1. The van der Waals surface area contributed by atoms with Crippen molar-refractivity contribution < 1.29 is 0 Å². The Kier molecular flexibility index (Phi) is 7.52. The molecular formula is C14H25NS. The van der Waals surface area contributed by atoms with Gasteiger partial charge in [0.05, 0.1) is 0 Å². The van der Waals surface area contributed by atoms with Gasteiger partial charge < -0.3 is 5.32 Å². The lowest BCUT2D eigenvalue weighted by Gasteiger charge is -2.16. The van der Waals surface area contributed by atoms with Crippen molar-refractivity contribution >= 4 is 11.3 Å². The monoisotopic (exact) mass is 239 g/mol. The van der Waals surface area contributed by atoms with Crippen LogP contribution in [0.25, 0.3) is 0 Å². The quantitative estimate of drug-likeness (QED) is 0.636. The summed E-state index contributed by atoms with van der Waals surface area (Å²) in [6, 6.07) is 5.12. The molecule has 0 aromatic carbocycles. The smallest absolute Gasteiger partial charge is 0.00645 e. The average Bonchev–Trinajstić information content (AvgIpc) is 2.80. The Labute approximate surface area is 104 Å². The minimum Gasteiger partial charge on any atom is -0.314 e. The highest BCUT2D eigenvalue weighted by Crippen LogP contribution is 2.13. The Hall–Kier alpha value is -0.340. The maximum Gasteiger partial charge on any atom is 0.00645 e. The summed E-state index contributed by atoms with van der Waals surface area (Å²) in [5.41, 5.74) is 0. The van der Waals surface area contributed by atoms with E-state index in [0.717, 1.165) is 6.04 Å². The molecule has 16 heavy (non-hydrogen) atoms. The number of aryl methyl sites for hydroxylation is 1. The number of thiophene rings is 1. The molecule has 92 valence electrons. The minimum absolute atomic E-state index is 0.728. The molecule has 0 saturated heterocycles. The first-order valence-corrected chi connectivity index (χ1v) is 7.50. The molecule has 1 rings (SSSR count). The molecule has 0 aliphatic rings. The van der Waals surface area contributed by atoms with E-state index in [-0.39, 0.29) is 0 Å². The van der Waals surface area contributed by atoms with Gasteiger partial charge in [-0.1, -0.05) is 26.3 Å². The van der Waals surface area contributed by atoms with Gasteiger partial charge in [0.15, 0.2) is 0 Å². The van der Waals surface area contributed by atoms with Crippen molar-refractivity contribution in [3.05, 3.63) is 22.4 Å². The minimum atomic E-state index is 0.728. The zero-order valence-corrected chi connectivity index (χ0v) is 11.5. The van der Waals surface area contributed by atoms with Crippen LogP contribution >= 0.6 is 11.3 Å². The Balaban J connectivity index is 2.08. The SMILES string of the molecule is CCCCNC(CC)CCCc1cccs1. The molecule has 1 unspecified atom stereocenters. The zero-order valence-electron chi connectivity index (χ0n) is 10.7. The summed E-state index contributed by atoms with van der Waals surface area (Å²) in [4.78, 5) is 1.53. The van der Waals surface area contributed by atoms with Gasteiger partial charge in [-0.2, -0.15) is 0 Å². The van der Waals surface area contributed by atoms with Crippen molar-refractivity contribution in [1.82, 2.24) is 5.32 Å². The highest BCUT2D eigenvalue weighted by molar-refractivity contribution is 7.09. The van der Waals surface area contributed by atoms with Crippen LogP contribution in [0.1, 0.15) is 50.8 Å². The second kappa shape index (κ2) is 8.77. The summed E-state index contributed by atoms with van der Waals surface area (Å²) in [5.74, 6) is 0. The third-order valence-corrected chi connectivity index (χ3v) is 3.95. The number of nitrogens with one attached hydrogen (secondary N) is 1. The molecule has 0 amide bonds. The fraction of sp³-hybridized carbons (Fsp3) is 0.714. The summed E-state index contributed by atoms with van der Waals surface area (Å²) in [6.45, 7) is 5.72. The van der Waals surface area contributed by atoms with Gasteiger partial charge in [-0.25, -0.2) is 0 Å². The molecule has 1 nitrogen and oxygen atoms in total. The Morgan fingerprint density at radius 3 is 2.81 bits per heavy atom. The molecule has 2 heteroatoms. The van der Waals surface area contributed by atoms with Gasteiger partial charge in [0.2, 0.25) is 0 Å². The number of hydrogen-bond donors (Lipinski definition) is 1. The first-order chi connectivity index (χ1) is 7.86. The van der Waals surface area contributed by atoms with Crippen LogP contribution < -0.4 is 5.32 Å². The molecule has 0 saturated carbocycles. The van der Waals surface area contributed by atoms with Crippen molar-refractivity contribution in [1.29, 1.82) is 0 Å². The van der Waals surface area contributed by atoms with E-state index in [0.29, 0.717) is 0 Å². The van der Waals surface area contributed by atoms with Gasteiger partial charge in [-0.15, -0.1) is 11.3 Å². The predicted molar refractivity (Wildman–Crippen MR) is 74.2 cm³/mol. The van der Waals surface area contributed by atoms with Gasteiger partial charge in [0.1, 0.15) is 0 Å². The summed E-state index contributed by atoms with van der Waals surface area (Å²) in [7, 11) is 0. The van der Waals surface area contributed by atoms with Crippen LogP contribution in [-0.4, -0.2) is 12.6 Å². The molecule has 1 aromatic rings. The van der Waals surface area contributed by atoms with E-state index < -0.39 is 0 Å². The van der Waals surface area contributed by atoms with Crippen LogP contribution in [0, 0.1) is 0 Å². The molecule has 0 bridgehead atoms. The van der Waals surface area contributed by atoms with Crippen molar-refractivity contribution in [2.24, 2.45) is 0 Å². The van der Waals surface area contributed by atoms with E-state index in [1.54, 1.807) is 0 Å². The summed E-state index contributed by atoms with van der Waals surface area (Å²) >= 11 is 1.88. The number of unbranched alkanes of at least 4 members (excludes halogenated alkanes) is 1. The predicted octanol–water partition coefficient (Wildman–Crippen LogP) is 4.24. The molecule has 1 N–H and O–H groups in total. The molecule has 0 radical (unpaired) electrons. The largest absolute Gasteiger partial charge is 0.314 e. The van der Waals surface area contributed by atoms with E-state index in [4.69, 9.17) is 0 Å². The van der Waals surface area contributed by atoms with Crippen LogP contribution in [0.15, 0.2) is 17.5 Å². The van der Waals surface area contributed by atoms with Crippen LogP contribution in [0.2, 0.25) is 0 Å². The number of rotatable bonds is 9. The molecule has 0 spiro atoms. The van der Waals surface area contributed by atoms with E-state index >= 15 is 0 Å². The number of hydrogen-bond acceptors (Lipinski definition) is 2.